The molecular weight excluding hydrogens is 546 g/mol. The lowest BCUT2D eigenvalue weighted by atomic mass is 10.2. The van der Waals surface area contributed by atoms with Crippen LogP contribution in [0.5, 0.6) is 17.2 Å². The van der Waals surface area contributed by atoms with Crippen LogP contribution in [0.2, 0.25) is 0 Å². The highest BCUT2D eigenvalue weighted by Crippen LogP contribution is 2.35. The first-order valence-electron chi connectivity index (χ1n) is 12.0. The van der Waals surface area contributed by atoms with Crippen molar-refractivity contribution in [3.8, 4) is 17.2 Å². The van der Waals surface area contributed by atoms with Crippen LogP contribution in [0.15, 0.2) is 71.6 Å². The SMILES string of the molecule is CCOc1ccc(NS(=O)(=O)c2ccc(NC(=O)[C@@H](C)N(c3ccc4c(c3)OCCO4)S(C)(=O)=O)cc2)cc1. The molecule has 0 unspecified atom stereocenters. The maximum Gasteiger partial charge on any atom is 0.261 e. The molecule has 3 aromatic carbocycles. The van der Waals surface area contributed by atoms with E-state index in [0.717, 1.165) is 10.6 Å². The summed E-state index contributed by atoms with van der Waals surface area (Å²) in [5.41, 5.74) is 0.901. The summed E-state index contributed by atoms with van der Waals surface area (Å²) < 4.78 is 70.7. The zero-order valence-corrected chi connectivity index (χ0v) is 23.2. The van der Waals surface area contributed by atoms with Crippen LogP contribution in [0, 0.1) is 0 Å². The number of hydrogen-bond donors (Lipinski definition) is 2. The van der Waals surface area contributed by atoms with E-state index in [2.05, 4.69) is 10.0 Å². The third-order valence-electron chi connectivity index (χ3n) is 5.72. The molecule has 0 saturated heterocycles. The Balaban J connectivity index is 1.47. The second-order valence-corrected chi connectivity index (χ2v) is 12.2. The normalized spacial score (nSPS) is 13.7. The first-order valence-corrected chi connectivity index (χ1v) is 15.4. The van der Waals surface area contributed by atoms with Crippen molar-refractivity contribution in [3.63, 3.8) is 0 Å². The smallest absolute Gasteiger partial charge is 0.261 e. The van der Waals surface area contributed by atoms with Gasteiger partial charge in [-0.3, -0.25) is 13.8 Å². The summed E-state index contributed by atoms with van der Waals surface area (Å²) in [6, 6.07) is 15.5. The number of carbonyl (C=O) groups excluding carboxylic acids is 1. The minimum atomic E-state index is -3.89. The number of benzene rings is 3. The van der Waals surface area contributed by atoms with Crippen molar-refractivity contribution >= 4 is 43.0 Å². The first-order chi connectivity index (χ1) is 18.5. The molecule has 1 amide bonds. The topological polar surface area (TPSA) is 140 Å². The summed E-state index contributed by atoms with van der Waals surface area (Å²) >= 11 is 0. The van der Waals surface area contributed by atoms with Crippen LogP contribution >= 0.6 is 0 Å². The van der Waals surface area contributed by atoms with Crippen LogP contribution in [0.1, 0.15) is 13.8 Å². The molecule has 0 aromatic heterocycles. The number of nitrogens with one attached hydrogen (secondary N) is 2. The summed E-state index contributed by atoms with van der Waals surface area (Å²) in [5, 5.41) is 2.64. The van der Waals surface area contributed by atoms with Gasteiger partial charge in [-0.2, -0.15) is 0 Å². The zero-order chi connectivity index (χ0) is 28.2. The fraction of sp³-hybridized carbons (Fsp3) is 0.269. The Morgan fingerprint density at radius 1 is 0.923 bits per heavy atom. The van der Waals surface area contributed by atoms with Gasteiger partial charge in [0, 0.05) is 17.4 Å². The lowest BCUT2D eigenvalue weighted by Gasteiger charge is -2.29. The lowest BCUT2D eigenvalue weighted by molar-refractivity contribution is -0.116. The third-order valence-corrected chi connectivity index (χ3v) is 8.36. The van der Waals surface area contributed by atoms with E-state index in [1.54, 1.807) is 30.3 Å². The molecule has 1 atom stereocenters. The van der Waals surface area contributed by atoms with E-state index in [1.165, 1.54) is 43.3 Å². The molecule has 0 saturated carbocycles. The Bertz CT molecular complexity index is 1540. The van der Waals surface area contributed by atoms with E-state index >= 15 is 0 Å². The van der Waals surface area contributed by atoms with Crippen LogP contribution < -0.4 is 28.6 Å². The van der Waals surface area contributed by atoms with Crippen molar-refractivity contribution in [2.45, 2.75) is 24.8 Å². The highest BCUT2D eigenvalue weighted by Gasteiger charge is 2.30. The first kappa shape index (κ1) is 28.0. The van der Waals surface area contributed by atoms with E-state index in [-0.39, 0.29) is 10.6 Å². The molecule has 0 bridgehead atoms. The van der Waals surface area contributed by atoms with Crippen molar-refractivity contribution in [1.29, 1.82) is 0 Å². The van der Waals surface area contributed by atoms with Crippen LogP contribution in [-0.4, -0.2) is 54.9 Å². The molecule has 0 spiro atoms. The Hall–Kier alpha value is -3.97. The summed E-state index contributed by atoms with van der Waals surface area (Å²) in [6.45, 7) is 4.51. The van der Waals surface area contributed by atoms with Crippen molar-refractivity contribution in [1.82, 2.24) is 0 Å². The van der Waals surface area contributed by atoms with Gasteiger partial charge in [0.25, 0.3) is 10.0 Å². The predicted octanol–water partition coefficient (Wildman–Crippen LogP) is 3.45. The van der Waals surface area contributed by atoms with Gasteiger partial charge in [0.2, 0.25) is 15.9 Å². The van der Waals surface area contributed by atoms with E-state index in [0.29, 0.717) is 48.4 Å². The molecule has 0 fully saturated rings. The summed E-state index contributed by atoms with van der Waals surface area (Å²) in [7, 11) is -7.75. The van der Waals surface area contributed by atoms with Gasteiger partial charge in [-0.15, -0.1) is 0 Å². The van der Waals surface area contributed by atoms with Gasteiger partial charge >= 0.3 is 0 Å². The summed E-state index contributed by atoms with van der Waals surface area (Å²) in [4.78, 5) is 13.0. The minimum absolute atomic E-state index is 0.0172. The van der Waals surface area contributed by atoms with Crippen LogP contribution in [-0.2, 0) is 24.8 Å². The molecule has 0 aliphatic carbocycles. The fourth-order valence-corrected chi connectivity index (χ4v) is 6.17. The largest absolute Gasteiger partial charge is 0.494 e. The molecule has 0 radical (unpaired) electrons. The van der Waals surface area contributed by atoms with Gasteiger partial charge in [0.1, 0.15) is 25.0 Å². The highest BCUT2D eigenvalue weighted by molar-refractivity contribution is 7.92. The van der Waals surface area contributed by atoms with Gasteiger partial charge in [0.05, 0.1) is 23.4 Å². The zero-order valence-electron chi connectivity index (χ0n) is 21.6. The average Bonchev–Trinajstić information content (AvgIpc) is 2.89. The minimum Gasteiger partial charge on any atom is -0.494 e. The maximum atomic E-state index is 13.0. The van der Waals surface area contributed by atoms with Gasteiger partial charge in [-0.1, -0.05) is 0 Å². The van der Waals surface area contributed by atoms with Crippen LogP contribution in [0.25, 0.3) is 0 Å². The number of rotatable bonds is 10. The monoisotopic (exact) mass is 575 g/mol. The summed E-state index contributed by atoms with van der Waals surface area (Å²) in [6.07, 6.45) is 1.00. The second kappa shape index (κ2) is 11.4. The molecule has 1 aliphatic rings. The molecule has 1 aliphatic heterocycles. The maximum absolute atomic E-state index is 13.0. The number of ether oxygens (including phenoxy) is 3. The fourth-order valence-electron chi connectivity index (χ4n) is 3.94. The number of sulfonamides is 2. The van der Waals surface area contributed by atoms with E-state index < -0.39 is 32.0 Å². The molecule has 3 aromatic rings. The van der Waals surface area contributed by atoms with Gasteiger partial charge in [0.15, 0.2) is 11.5 Å². The van der Waals surface area contributed by atoms with Crippen molar-refractivity contribution in [2.24, 2.45) is 0 Å². The Morgan fingerprint density at radius 3 is 2.15 bits per heavy atom. The number of anilines is 3. The Labute approximate surface area is 227 Å². The molecule has 11 nitrogen and oxygen atoms in total. The van der Waals surface area contributed by atoms with Crippen molar-refractivity contribution < 1.29 is 35.8 Å². The molecule has 39 heavy (non-hydrogen) atoms. The standard InChI is InChI=1S/C26H29N3O8S2/c1-4-35-22-10-5-20(6-11-22)28-39(33,34)23-12-7-19(8-13-23)27-26(30)18(2)29(38(3,31)32)21-9-14-24-25(17-21)37-16-15-36-24/h5-14,17-18,28H,4,15-16H2,1-3H3,(H,27,30)/t18-/m1/s1. The van der Waals surface area contributed by atoms with Crippen molar-refractivity contribution in [3.05, 3.63) is 66.7 Å². The van der Waals surface area contributed by atoms with E-state index in [1.807, 2.05) is 6.92 Å². The number of amides is 1. The van der Waals surface area contributed by atoms with Gasteiger partial charge in [-0.05, 0) is 74.5 Å². The van der Waals surface area contributed by atoms with Crippen LogP contribution in [0.4, 0.5) is 17.1 Å². The number of hydrogen-bond acceptors (Lipinski definition) is 8. The Morgan fingerprint density at radius 2 is 1.54 bits per heavy atom. The van der Waals surface area contributed by atoms with Gasteiger partial charge < -0.3 is 19.5 Å². The molecule has 4 rings (SSSR count). The van der Waals surface area contributed by atoms with Crippen molar-refractivity contribution in [2.75, 3.05) is 40.4 Å². The third kappa shape index (κ3) is 6.73. The summed E-state index contributed by atoms with van der Waals surface area (Å²) in [5.74, 6) is 0.884. The van der Waals surface area contributed by atoms with E-state index in [4.69, 9.17) is 14.2 Å². The highest BCUT2D eigenvalue weighted by atomic mass is 32.2. The number of fused-ring (bicyclic) bond motifs is 1. The molecule has 2 N–H and O–H groups in total. The van der Waals surface area contributed by atoms with E-state index in [9.17, 15) is 21.6 Å². The molecule has 13 heteroatoms. The number of nitrogens with zero attached hydrogens (tertiary/aromatic N) is 1. The molecular formula is C26H29N3O8S2. The van der Waals surface area contributed by atoms with Crippen LogP contribution in [0.3, 0.4) is 0 Å². The Kier molecular flexibility index (Phi) is 8.21. The second-order valence-electron chi connectivity index (χ2n) is 8.64. The average molecular weight is 576 g/mol. The molecule has 1 heterocycles. The quantitative estimate of drug-likeness (QED) is 0.375. The predicted molar refractivity (Wildman–Crippen MR) is 148 cm³/mol. The van der Waals surface area contributed by atoms with Gasteiger partial charge in [-0.25, -0.2) is 16.8 Å². The molecule has 208 valence electrons. The lowest BCUT2D eigenvalue weighted by Crippen LogP contribution is -2.45. The number of carbonyl (C=O) groups is 1.